The average Bonchev–Trinajstić information content (AvgIpc) is 2.23. The lowest BCUT2D eigenvalue weighted by atomic mass is 10.0. The maximum absolute atomic E-state index is 10.9. The molecule has 0 aliphatic carbocycles. The van der Waals surface area contributed by atoms with E-state index in [4.69, 9.17) is 5.11 Å². The summed E-state index contributed by atoms with van der Waals surface area (Å²) >= 11 is 0. The van der Waals surface area contributed by atoms with Gasteiger partial charge in [-0.05, 0) is 36.5 Å². The number of hydrogen-bond acceptors (Lipinski definition) is 2. The van der Waals surface area contributed by atoms with Crippen molar-refractivity contribution in [2.75, 3.05) is 13.1 Å². The zero-order valence-corrected chi connectivity index (χ0v) is 11.7. The van der Waals surface area contributed by atoms with Crippen LogP contribution in [0.25, 0.3) is 0 Å². The number of rotatable bonds is 6. The first-order valence-corrected chi connectivity index (χ1v) is 6.39. The van der Waals surface area contributed by atoms with E-state index < -0.39 is 5.97 Å². The molecule has 1 N–H and O–H groups in total. The Morgan fingerprint density at radius 1 is 1.33 bits per heavy atom. The highest BCUT2D eigenvalue weighted by Gasteiger charge is 2.13. The van der Waals surface area contributed by atoms with E-state index in [2.05, 4.69) is 39.8 Å². The van der Waals surface area contributed by atoms with E-state index in [0.717, 1.165) is 6.54 Å². The smallest absolute Gasteiger partial charge is 0.317 e. The molecule has 0 heterocycles. The van der Waals surface area contributed by atoms with Crippen molar-refractivity contribution in [3.63, 3.8) is 0 Å². The van der Waals surface area contributed by atoms with Crippen molar-refractivity contribution in [1.29, 1.82) is 0 Å². The largest absolute Gasteiger partial charge is 0.480 e. The van der Waals surface area contributed by atoms with Crippen molar-refractivity contribution in [2.24, 2.45) is 5.92 Å². The highest BCUT2D eigenvalue weighted by Crippen LogP contribution is 2.15. The summed E-state index contributed by atoms with van der Waals surface area (Å²) in [6.45, 7) is 10.0. The zero-order valence-electron chi connectivity index (χ0n) is 11.7. The first-order chi connectivity index (χ1) is 8.40. The highest BCUT2D eigenvalue weighted by molar-refractivity contribution is 5.69. The summed E-state index contributed by atoms with van der Waals surface area (Å²) in [5, 5.41) is 8.96. The molecule has 0 saturated carbocycles. The molecule has 18 heavy (non-hydrogen) atoms. The molecule has 0 fully saturated rings. The maximum Gasteiger partial charge on any atom is 0.317 e. The lowest BCUT2D eigenvalue weighted by Gasteiger charge is -2.23. The van der Waals surface area contributed by atoms with Gasteiger partial charge in [0, 0.05) is 13.1 Å². The number of benzene rings is 1. The Hall–Kier alpha value is -1.35. The first kappa shape index (κ1) is 14.7. The summed E-state index contributed by atoms with van der Waals surface area (Å²) < 4.78 is 0. The van der Waals surface area contributed by atoms with Gasteiger partial charge in [0.1, 0.15) is 0 Å². The van der Waals surface area contributed by atoms with E-state index in [1.165, 1.54) is 16.7 Å². The molecule has 0 radical (unpaired) electrons. The Kier molecular flexibility index (Phi) is 5.35. The summed E-state index contributed by atoms with van der Waals surface area (Å²) in [6.07, 6.45) is 0. The van der Waals surface area contributed by atoms with Crippen LogP contribution in [0.4, 0.5) is 0 Å². The van der Waals surface area contributed by atoms with Crippen LogP contribution < -0.4 is 0 Å². The number of carbonyl (C=O) groups is 1. The number of hydrogen-bond donors (Lipinski definition) is 1. The second kappa shape index (κ2) is 6.55. The van der Waals surface area contributed by atoms with Crippen LogP contribution in [-0.2, 0) is 11.3 Å². The third kappa shape index (κ3) is 4.49. The second-order valence-electron chi connectivity index (χ2n) is 5.32. The Balaban J connectivity index is 2.81. The molecule has 0 aliphatic heterocycles. The topological polar surface area (TPSA) is 40.5 Å². The van der Waals surface area contributed by atoms with E-state index in [0.29, 0.717) is 12.5 Å². The molecule has 1 rings (SSSR count). The van der Waals surface area contributed by atoms with Gasteiger partial charge in [-0.25, -0.2) is 0 Å². The molecule has 0 aromatic heterocycles. The number of nitrogens with zero attached hydrogens (tertiary/aromatic N) is 1. The Morgan fingerprint density at radius 2 is 2.00 bits per heavy atom. The predicted molar refractivity (Wildman–Crippen MR) is 73.7 cm³/mol. The van der Waals surface area contributed by atoms with Crippen LogP contribution in [0, 0.1) is 19.8 Å². The molecule has 100 valence electrons. The van der Waals surface area contributed by atoms with Gasteiger partial charge in [-0.2, -0.15) is 0 Å². The Labute approximate surface area is 109 Å². The van der Waals surface area contributed by atoms with E-state index in [-0.39, 0.29) is 6.54 Å². The van der Waals surface area contributed by atoms with Crippen LogP contribution in [0.5, 0.6) is 0 Å². The highest BCUT2D eigenvalue weighted by atomic mass is 16.4. The third-order valence-corrected chi connectivity index (χ3v) is 3.09. The molecule has 0 saturated heterocycles. The summed E-state index contributed by atoms with van der Waals surface area (Å²) in [6, 6.07) is 6.20. The standard InChI is InChI=1S/C15H23NO2/c1-11(2)8-16(10-15(17)18)9-14-7-5-6-12(3)13(14)4/h5-7,11H,8-10H2,1-4H3,(H,17,18). The quantitative estimate of drug-likeness (QED) is 0.842. The molecule has 0 atom stereocenters. The van der Waals surface area contributed by atoms with E-state index in [9.17, 15) is 4.79 Å². The van der Waals surface area contributed by atoms with Gasteiger partial charge in [0.05, 0.1) is 6.54 Å². The average molecular weight is 249 g/mol. The summed E-state index contributed by atoms with van der Waals surface area (Å²) in [7, 11) is 0. The second-order valence-corrected chi connectivity index (χ2v) is 5.32. The molecular formula is C15H23NO2. The van der Waals surface area contributed by atoms with Crippen molar-refractivity contribution in [1.82, 2.24) is 4.90 Å². The lowest BCUT2D eigenvalue weighted by molar-refractivity contribution is -0.138. The van der Waals surface area contributed by atoms with Gasteiger partial charge in [-0.1, -0.05) is 32.0 Å². The molecule has 0 amide bonds. The van der Waals surface area contributed by atoms with Crippen LogP contribution in [0.1, 0.15) is 30.5 Å². The van der Waals surface area contributed by atoms with Crippen LogP contribution in [0.3, 0.4) is 0 Å². The molecule has 0 unspecified atom stereocenters. The van der Waals surface area contributed by atoms with Crippen LogP contribution in [0.2, 0.25) is 0 Å². The number of aryl methyl sites for hydroxylation is 1. The minimum atomic E-state index is -0.763. The maximum atomic E-state index is 10.9. The monoisotopic (exact) mass is 249 g/mol. The fourth-order valence-corrected chi connectivity index (χ4v) is 2.12. The summed E-state index contributed by atoms with van der Waals surface area (Å²) in [5.74, 6) is -0.296. The minimum Gasteiger partial charge on any atom is -0.480 e. The zero-order chi connectivity index (χ0) is 13.7. The predicted octanol–water partition coefficient (Wildman–Crippen LogP) is 2.85. The molecule has 1 aromatic carbocycles. The van der Waals surface area contributed by atoms with Crippen molar-refractivity contribution in [2.45, 2.75) is 34.2 Å². The summed E-state index contributed by atoms with van der Waals surface area (Å²) in [5.41, 5.74) is 3.74. The molecule has 0 spiro atoms. The molecule has 1 aromatic rings. The fraction of sp³-hybridized carbons (Fsp3) is 0.533. The lowest BCUT2D eigenvalue weighted by Crippen LogP contribution is -2.32. The van der Waals surface area contributed by atoms with Crippen molar-refractivity contribution in [3.05, 3.63) is 34.9 Å². The first-order valence-electron chi connectivity index (χ1n) is 6.39. The molecule has 0 bridgehead atoms. The molecular weight excluding hydrogens is 226 g/mol. The van der Waals surface area contributed by atoms with Crippen molar-refractivity contribution < 1.29 is 9.90 Å². The van der Waals surface area contributed by atoms with Crippen LogP contribution in [0.15, 0.2) is 18.2 Å². The van der Waals surface area contributed by atoms with E-state index in [1.54, 1.807) is 0 Å². The van der Waals surface area contributed by atoms with Gasteiger partial charge in [-0.3, -0.25) is 9.69 Å². The van der Waals surface area contributed by atoms with Gasteiger partial charge in [0.2, 0.25) is 0 Å². The Bertz CT molecular complexity index is 413. The SMILES string of the molecule is Cc1cccc(CN(CC(=O)O)CC(C)C)c1C. The normalized spacial score (nSPS) is 11.2. The van der Waals surface area contributed by atoms with Crippen LogP contribution >= 0.6 is 0 Å². The van der Waals surface area contributed by atoms with E-state index in [1.807, 2.05) is 11.0 Å². The third-order valence-electron chi connectivity index (χ3n) is 3.09. The van der Waals surface area contributed by atoms with Gasteiger partial charge in [-0.15, -0.1) is 0 Å². The molecule has 3 nitrogen and oxygen atoms in total. The number of carboxylic acids is 1. The molecule has 0 aliphatic rings. The Morgan fingerprint density at radius 3 is 2.56 bits per heavy atom. The minimum absolute atomic E-state index is 0.103. The van der Waals surface area contributed by atoms with Gasteiger partial charge < -0.3 is 5.11 Å². The number of aliphatic carboxylic acids is 1. The van der Waals surface area contributed by atoms with Crippen LogP contribution in [-0.4, -0.2) is 29.1 Å². The summed E-state index contributed by atoms with van der Waals surface area (Å²) in [4.78, 5) is 12.9. The fourth-order valence-electron chi connectivity index (χ4n) is 2.12. The number of carboxylic acid groups (broad SMARTS) is 1. The van der Waals surface area contributed by atoms with Gasteiger partial charge in [0.15, 0.2) is 0 Å². The van der Waals surface area contributed by atoms with Gasteiger partial charge >= 0.3 is 5.97 Å². The van der Waals surface area contributed by atoms with Crippen molar-refractivity contribution >= 4 is 5.97 Å². The van der Waals surface area contributed by atoms with Gasteiger partial charge in [0.25, 0.3) is 0 Å². The van der Waals surface area contributed by atoms with E-state index >= 15 is 0 Å². The molecule has 3 heteroatoms. The van der Waals surface area contributed by atoms with Crippen molar-refractivity contribution in [3.8, 4) is 0 Å².